The lowest BCUT2D eigenvalue weighted by Crippen LogP contribution is -2.40. The zero-order valence-electron chi connectivity index (χ0n) is 15.4. The minimum atomic E-state index is -0.733. The number of carbonyl (C=O) groups excluding carboxylic acids is 2. The monoisotopic (exact) mass is 374 g/mol. The first-order valence-electron chi connectivity index (χ1n) is 8.34. The van der Waals surface area contributed by atoms with Gasteiger partial charge in [0, 0.05) is 10.7 Å². The van der Waals surface area contributed by atoms with E-state index in [1.807, 2.05) is 39.0 Å². The Bertz CT molecular complexity index is 800. The van der Waals surface area contributed by atoms with Gasteiger partial charge < -0.3 is 15.4 Å². The van der Waals surface area contributed by atoms with Crippen molar-refractivity contribution >= 4 is 29.1 Å². The van der Waals surface area contributed by atoms with E-state index in [4.69, 9.17) is 16.3 Å². The fourth-order valence-electron chi connectivity index (χ4n) is 2.50. The largest absolute Gasteiger partial charge is 0.481 e. The van der Waals surface area contributed by atoms with E-state index in [1.165, 1.54) is 0 Å². The van der Waals surface area contributed by atoms with E-state index in [0.717, 1.165) is 22.4 Å². The number of hydrogen-bond acceptors (Lipinski definition) is 3. The minimum absolute atomic E-state index is 0.125. The molecule has 1 atom stereocenters. The van der Waals surface area contributed by atoms with Crippen LogP contribution in [0.1, 0.15) is 23.6 Å². The van der Waals surface area contributed by atoms with Gasteiger partial charge in [-0.1, -0.05) is 29.8 Å². The molecule has 138 valence electrons. The summed E-state index contributed by atoms with van der Waals surface area (Å²) in [4.78, 5) is 24.3. The van der Waals surface area contributed by atoms with Crippen LogP contribution in [0.15, 0.2) is 36.4 Å². The fourth-order valence-corrected chi connectivity index (χ4v) is 2.72. The van der Waals surface area contributed by atoms with Gasteiger partial charge in [0.25, 0.3) is 5.91 Å². The van der Waals surface area contributed by atoms with Crippen LogP contribution in [0, 0.1) is 20.8 Å². The van der Waals surface area contributed by atoms with Gasteiger partial charge in [0.1, 0.15) is 5.75 Å². The second kappa shape index (κ2) is 8.72. The maximum Gasteiger partial charge on any atom is 0.261 e. The molecule has 0 heterocycles. The molecule has 0 fully saturated rings. The molecular formula is C20H23ClN2O3. The predicted octanol–water partition coefficient (Wildman–Crippen LogP) is 3.79. The average molecular weight is 375 g/mol. The first kappa shape index (κ1) is 19.8. The molecule has 0 unspecified atom stereocenters. The van der Waals surface area contributed by atoms with Crippen molar-refractivity contribution in [3.05, 3.63) is 58.1 Å². The molecular weight excluding hydrogens is 352 g/mol. The van der Waals surface area contributed by atoms with Crippen LogP contribution >= 0.6 is 11.6 Å². The summed E-state index contributed by atoms with van der Waals surface area (Å²) in [5.74, 6) is -0.0707. The normalized spacial score (nSPS) is 11.6. The van der Waals surface area contributed by atoms with Crippen molar-refractivity contribution in [2.45, 2.75) is 33.8 Å². The fraction of sp³-hybridized carbons (Fsp3) is 0.300. The maximum absolute atomic E-state index is 12.2. The van der Waals surface area contributed by atoms with Crippen LogP contribution < -0.4 is 15.4 Å². The zero-order valence-corrected chi connectivity index (χ0v) is 16.1. The van der Waals surface area contributed by atoms with Crippen molar-refractivity contribution in [2.24, 2.45) is 0 Å². The lowest BCUT2D eigenvalue weighted by Gasteiger charge is -2.17. The number of ether oxygens (including phenoxy) is 1. The number of anilines is 1. The van der Waals surface area contributed by atoms with Crippen LogP contribution in [0.25, 0.3) is 0 Å². The van der Waals surface area contributed by atoms with Gasteiger partial charge in [-0.15, -0.1) is 0 Å². The number of amides is 2. The van der Waals surface area contributed by atoms with Crippen molar-refractivity contribution in [2.75, 3.05) is 11.9 Å². The van der Waals surface area contributed by atoms with Crippen molar-refractivity contribution in [1.29, 1.82) is 0 Å². The van der Waals surface area contributed by atoms with Gasteiger partial charge in [-0.05, 0) is 62.6 Å². The SMILES string of the molecule is Cc1cc(Cl)ccc1O[C@@H](C)C(=O)NCC(=O)Nc1c(C)cccc1C. The van der Waals surface area contributed by atoms with Crippen molar-refractivity contribution < 1.29 is 14.3 Å². The van der Waals surface area contributed by atoms with Crippen molar-refractivity contribution in [1.82, 2.24) is 5.32 Å². The van der Waals surface area contributed by atoms with E-state index < -0.39 is 6.10 Å². The summed E-state index contributed by atoms with van der Waals surface area (Å²) in [5, 5.41) is 6.03. The van der Waals surface area contributed by atoms with E-state index in [2.05, 4.69) is 10.6 Å². The molecule has 0 aliphatic carbocycles. The van der Waals surface area contributed by atoms with Gasteiger partial charge in [0.05, 0.1) is 6.54 Å². The lowest BCUT2D eigenvalue weighted by molar-refractivity contribution is -0.129. The van der Waals surface area contributed by atoms with Crippen LogP contribution in [-0.2, 0) is 9.59 Å². The zero-order chi connectivity index (χ0) is 19.3. The summed E-state index contributed by atoms with van der Waals surface area (Å²) in [7, 11) is 0. The number of hydrogen-bond donors (Lipinski definition) is 2. The summed E-state index contributed by atoms with van der Waals surface area (Å²) in [5.41, 5.74) is 3.55. The Morgan fingerprint density at radius 2 is 1.73 bits per heavy atom. The second-order valence-corrected chi connectivity index (χ2v) is 6.64. The third-order valence-electron chi connectivity index (χ3n) is 3.98. The van der Waals surface area contributed by atoms with Gasteiger partial charge in [-0.25, -0.2) is 0 Å². The molecule has 0 saturated carbocycles. The van der Waals surface area contributed by atoms with Crippen molar-refractivity contribution in [3.63, 3.8) is 0 Å². The van der Waals surface area contributed by atoms with Gasteiger partial charge in [0.2, 0.25) is 5.91 Å². The molecule has 0 aliphatic heterocycles. The molecule has 5 nitrogen and oxygen atoms in total. The van der Waals surface area contributed by atoms with E-state index in [0.29, 0.717) is 10.8 Å². The molecule has 0 aliphatic rings. The molecule has 6 heteroatoms. The molecule has 0 aromatic heterocycles. The Kier molecular flexibility index (Phi) is 6.64. The molecule has 2 N–H and O–H groups in total. The topological polar surface area (TPSA) is 67.4 Å². The highest BCUT2D eigenvalue weighted by Gasteiger charge is 2.17. The number of aryl methyl sites for hydroxylation is 3. The second-order valence-electron chi connectivity index (χ2n) is 6.20. The smallest absolute Gasteiger partial charge is 0.261 e. The standard InChI is InChI=1S/C20H23ClN2O3/c1-12-6-5-7-13(2)19(12)23-18(24)11-22-20(25)15(4)26-17-9-8-16(21)10-14(17)3/h5-10,15H,11H2,1-4H3,(H,22,25)(H,23,24)/t15-/m0/s1. The molecule has 2 aromatic rings. The number of benzene rings is 2. The molecule has 0 saturated heterocycles. The van der Waals surface area contributed by atoms with Crippen LogP contribution in [0.5, 0.6) is 5.75 Å². The number of halogens is 1. The predicted molar refractivity (Wildman–Crippen MR) is 104 cm³/mol. The first-order valence-corrected chi connectivity index (χ1v) is 8.72. The summed E-state index contributed by atoms with van der Waals surface area (Å²) in [6, 6.07) is 11.0. The summed E-state index contributed by atoms with van der Waals surface area (Å²) < 4.78 is 5.65. The molecule has 0 radical (unpaired) electrons. The minimum Gasteiger partial charge on any atom is -0.481 e. The van der Waals surface area contributed by atoms with E-state index in [-0.39, 0.29) is 18.4 Å². The Hall–Kier alpha value is -2.53. The van der Waals surface area contributed by atoms with Crippen molar-refractivity contribution in [3.8, 4) is 5.75 Å². The molecule has 2 amide bonds. The molecule has 0 bridgehead atoms. The quantitative estimate of drug-likeness (QED) is 0.808. The van der Waals surface area contributed by atoms with Gasteiger partial charge >= 0.3 is 0 Å². The maximum atomic E-state index is 12.2. The third-order valence-corrected chi connectivity index (χ3v) is 4.21. The number of nitrogens with one attached hydrogen (secondary N) is 2. The highest BCUT2D eigenvalue weighted by molar-refractivity contribution is 6.30. The highest BCUT2D eigenvalue weighted by atomic mass is 35.5. The van der Waals surface area contributed by atoms with Gasteiger partial charge in [0.15, 0.2) is 6.10 Å². The van der Waals surface area contributed by atoms with Gasteiger partial charge in [-0.2, -0.15) is 0 Å². The summed E-state index contributed by atoms with van der Waals surface area (Å²) in [6.45, 7) is 7.20. The molecule has 2 aromatic carbocycles. The summed E-state index contributed by atoms with van der Waals surface area (Å²) >= 11 is 5.91. The number of para-hydroxylation sites is 1. The Morgan fingerprint density at radius 1 is 1.08 bits per heavy atom. The highest BCUT2D eigenvalue weighted by Crippen LogP contribution is 2.23. The van der Waals surface area contributed by atoms with E-state index in [9.17, 15) is 9.59 Å². The van der Waals surface area contributed by atoms with Crippen LogP contribution in [-0.4, -0.2) is 24.5 Å². The van der Waals surface area contributed by atoms with Crippen LogP contribution in [0.4, 0.5) is 5.69 Å². The Morgan fingerprint density at radius 3 is 2.35 bits per heavy atom. The lowest BCUT2D eigenvalue weighted by atomic mass is 10.1. The average Bonchev–Trinajstić information content (AvgIpc) is 2.58. The number of carbonyl (C=O) groups is 2. The van der Waals surface area contributed by atoms with Gasteiger partial charge in [-0.3, -0.25) is 9.59 Å². The molecule has 2 rings (SSSR count). The molecule has 26 heavy (non-hydrogen) atoms. The summed E-state index contributed by atoms with van der Waals surface area (Å²) in [6.07, 6.45) is -0.733. The van der Waals surface area contributed by atoms with Crippen LogP contribution in [0.2, 0.25) is 5.02 Å². The van der Waals surface area contributed by atoms with E-state index >= 15 is 0 Å². The number of rotatable bonds is 6. The van der Waals surface area contributed by atoms with E-state index in [1.54, 1.807) is 25.1 Å². The first-order chi connectivity index (χ1) is 12.3. The molecule has 0 spiro atoms. The third kappa shape index (κ3) is 5.23. The van der Waals surface area contributed by atoms with Crippen LogP contribution in [0.3, 0.4) is 0 Å². The Labute approximate surface area is 158 Å². The Balaban J connectivity index is 1.88.